The number of methoxy groups -OCH3 is 1. The predicted octanol–water partition coefficient (Wildman–Crippen LogP) is 3.83. The number of hydrogen-bond acceptors (Lipinski definition) is 5. The van der Waals surface area contributed by atoms with Crippen LogP contribution in [0.2, 0.25) is 0 Å². The van der Waals surface area contributed by atoms with E-state index in [2.05, 4.69) is 15.4 Å². The summed E-state index contributed by atoms with van der Waals surface area (Å²) in [4.78, 5) is 29.2. The number of carbonyl (C=O) groups excluding carboxylic acids is 2. The van der Waals surface area contributed by atoms with Gasteiger partial charge in [0.2, 0.25) is 0 Å². The summed E-state index contributed by atoms with van der Waals surface area (Å²) in [5.41, 5.74) is 3.76. The van der Waals surface area contributed by atoms with E-state index in [0.717, 1.165) is 16.5 Å². The fourth-order valence-corrected chi connectivity index (χ4v) is 3.21. The Balaban J connectivity index is 1.58. The molecule has 0 aliphatic rings. The number of nitrogens with one attached hydrogen (secondary N) is 1. The lowest BCUT2D eigenvalue weighted by Gasteiger charge is -2.11. The second-order valence-electron chi connectivity index (χ2n) is 6.92. The Morgan fingerprint density at radius 2 is 1.87 bits per heavy atom. The molecule has 0 saturated heterocycles. The van der Waals surface area contributed by atoms with Crippen molar-refractivity contribution in [2.75, 3.05) is 12.4 Å². The number of aromatic nitrogens is 3. The van der Waals surface area contributed by atoms with Gasteiger partial charge in [0.1, 0.15) is 0 Å². The lowest BCUT2D eigenvalue weighted by molar-refractivity contribution is 0.0602. The first kappa shape index (κ1) is 19.3. The number of hydrogen-bond donors (Lipinski definition) is 1. The molecular weight excluding hydrogens is 380 g/mol. The molecule has 7 heteroatoms. The molecule has 0 fully saturated rings. The van der Waals surface area contributed by atoms with Crippen LogP contribution in [0.3, 0.4) is 0 Å². The number of ether oxygens (including phenoxy) is 1. The molecule has 0 aliphatic carbocycles. The maximum Gasteiger partial charge on any atom is 0.339 e. The van der Waals surface area contributed by atoms with Crippen molar-refractivity contribution in [1.29, 1.82) is 0 Å². The average molecular weight is 400 g/mol. The Labute approximate surface area is 173 Å². The number of rotatable bonds is 5. The molecule has 150 valence electrons. The van der Waals surface area contributed by atoms with E-state index in [1.165, 1.54) is 13.3 Å². The molecule has 1 amide bonds. The van der Waals surface area contributed by atoms with Crippen molar-refractivity contribution in [3.05, 3.63) is 89.2 Å². The van der Waals surface area contributed by atoms with Crippen molar-refractivity contribution < 1.29 is 14.3 Å². The quantitative estimate of drug-likeness (QED) is 0.515. The predicted molar refractivity (Wildman–Crippen MR) is 114 cm³/mol. The van der Waals surface area contributed by atoms with Gasteiger partial charge in [0.15, 0.2) is 5.65 Å². The molecule has 0 aliphatic heterocycles. The number of amides is 1. The van der Waals surface area contributed by atoms with Gasteiger partial charge < -0.3 is 10.1 Å². The van der Waals surface area contributed by atoms with Gasteiger partial charge in [0.25, 0.3) is 5.91 Å². The number of pyridine rings is 1. The van der Waals surface area contributed by atoms with E-state index in [4.69, 9.17) is 4.74 Å². The van der Waals surface area contributed by atoms with Gasteiger partial charge in [0, 0.05) is 11.6 Å². The van der Waals surface area contributed by atoms with E-state index < -0.39 is 5.97 Å². The first-order chi connectivity index (χ1) is 14.5. The third-order valence-electron chi connectivity index (χ3n) is 4.74. The molecule has 4 aromatic rings. The summed E-state index contributed by atoms with van der Waals surface area (Å²) in [5, 5.41) is 7.93. The number of nitrogens with zero attached hydrogens (tertiary/aromatic N) is 3. The highest BCUT2D eigenvalue weighted by Crippen LogP contribution is 2.20. The number of anilines is 1. The van der Waals surface area contributed by atoms with Gasteiger partial charge in [-0.2, -0.15) is 5.10 Å². The zero-order chi connectivity index (χ0) is 21.1. The van der Waals surface area contributed by atoms with Gasteiger partial charge in [-0.25, -0.2) is 14.5 Å². The topological polar surface area (TPSA) is 86.1 Å². The van der Waals surface area contributed by atoms with Crippen molar-refractivity contribution in [3.63, 3.8) is 0 Å². The summed E-state index contributed by atoms with van der Waals surface area (Å²) in [7, 11) is 1.31. The summed E-state index contributed by atoms with van der Waals surface area (Å²) in [6.45, 7) is 2.46. The molecule has 0 bridgehead atoms. The maximum atomic E-state index is 12.8. The molecule has 30 heavy (non-hydrogen) atoms. The molecule has 2 heterocycles. The standard InChI is InChI=1S/C23H20N4O3/c1-15-8-9-20(19(10-15)23(29)30-2)26-22(28)18-11-17-13-25-27(21(17)24-12-18)14-16-6-4-3-5-7-16/h3-13H,14H2,1-2H3,(H,26,28). The fourth-order valence-electron chi connectivity index (χ4n) is 3.21. The number of esters is 1. The van der Waals surface area contributed by atoms with Crippen molar-refractivity contribution in [3.8, 4) is 0 Å². The SMILES string of the molecule is COC(=O)c1cc(C)ccc1NC(=O)c1cnc2c(cnn2Cc2ccccc2)c1. The maximum absolute atomic E-state index is 12.8. The summed E-state index contributed by atoms with van der Waals surface area (Å²) >= 11 is 0. The van der Waals surface area contributed by atoms with Gasteiger partial charge in [-0.3, -0.25) is 4.79 Å². The van der Waals surface area contributed by atoms with Gasteiger partial charge in [0.05, 0.1) is 36.7 Å². The molecule has 2 aromatic carbocycles. The van der Waals surface area contributed by atoms with Gasteiger partial charge in [-0.05, 0) is 30.7 Å². The number of benzene rings is 2. The van der Waals surface area contributed by atoms with Crippen LogP contribution in [0.4, 0.5) is 5.69 Å². The second kappa shape index (κ2) is 8.16. The van der Waals surface area contributed by atoms with E-state index >= 15 is 0 Å². The van der Waals surface area contributed by atoms with Crippen molar-refractivity contribution in [2.45, 2.75) is 13.5 Å². The highest BCUT2D eigenvalue weighted by molar-refractivity contribution is 6.08. The molecule has 4 rings (SSSR count). The minimum Gasteiger partial charge on any atom is -0.465 e. The van der Waals surface area contributed by atoms with E-state index in [9.17, 15) is 9.59 Å². The second-order valence-corrected chi connectivity index (χ2v) is 6.92. The van der Waals surface area contributed by atoms with Crippen LogP contribution in [0.25, 0.3) is 11.0 Å². The zero-order valence-corrected chi connectivity index (χ0v) is 16.6. The first-order valence-electron chi connectivity index (χ1n) is 9.41. The minimum atomic E-state index is -0.509. The van der Waals surface area contributed by atoms with Gasteiger partial charge >= 0.3 is 5.97 Å². The van der Waals surface area contributed by atoms with Crippen LogP contribution in [-0.4, -0.2) is 33.8 Å². The van der Waals surface area contributed by atoms with Crippen LogP contribution >= 0.6 is 0 Å². The third-order valence-corrected chi connectivity index (χ3v) is 4.74. The van der Waals surface area contributed by atoms with Crippen LogP contribution in [0.15, 0.2) is 67.0 Å². The molecule has 0 saturated carbocycles. The highest BCUT2D eigenvalue weighted by atomic mass is 16.5. The fraction of sp³-hybridized carbons (Fsp3) is 0.130. The Bertz CT molecular complexity index is 1230. The normalized spacial score (nSPS) is 10.7. The molecule has 0 spiro atoms. The average Bonchev–Trinajstić information content (AvgIpc) is 3.17. The van der Waals surface area contributed by atoms with Crippen LogP contribution in [0, 0.1) is 6.92 Å². The molecule has 1 N–H and O–H groups in total. The number of fused-ring (bicyclic) bond motifs is 1. The number of carbonyl (C=O) groups is 2. The molecule has 2 aromatic heterocycles. The van der Waals surface area contributed by atoms with Crippen molar-refractivity contribution in [1.82, 2.24) is 14.8 Å². The monoisotopic (exact) mass is 400 g/mol. The van der Waals surface area contributed by atoms with E-state index in [1.807, 2.05) is 43.3 Å². The molecule has 0 atom stereocenters. The zero-order valence-electron chi connectivity index (χ0n) is 16.6. The van der Waals surface area contributed by atoms with Crippen LogP contribution in [0.5, 0.6) is 0 Å². The van der Waals surface area contributed by atoms with E-state index in [0.29, 0.717) is 29.0 Å². The van der Waals surface area contributed by atoms with Crippen molar-refractivity contribution in [2.24, 2.45) is 0 Å². The summed E-state index contributed by atoms with van der Waals surface area (Å²) < 4.78 is 6.61. The van der Waals surface area contributed by atoms with Crippen LogP contribution < -0.4 is 5.32 Å². The minimum absolute atomic E-state index is 0.301. The first-order valence-corrected chi connectivity index (χ1v) is 9.41. The van der Waals surface area contributed by atoms with Gasteiger partial charge in [-0.15, -0.1) is 0 Å². The molecule has 0 unspecified atom stereocenters. The summed E-state index contributed by atoms with van der Waals surface area (Å²) in [6, 6.07) is 16.9. The Kier molecular flexibility index (Phi) is 5.26. The molecular formula is C23H20N4O3. The Hall–Kier alpha value is -4.00. The van der Waals surface area contributed by atoms with Crippen molar-refractivity contribution >= 4 is 28.6 Å². The van der Waals surface area contributed by atoms with Crippen LogP contribution in [0.1, 0.15) is 31.8 Å². The third kappa shape index (κ3) is 3.91. The summed E-state index contributed by atoms with van der Waals surface area (Å²) in [5.74, 6) is -0.876. The molecule has 0 radical (unpaired) electrons. The van der Waals surface area contributed by atoms with Crippen LogP contribution in [-0.2, 0) is 11.3 Å². The summed E-state index contributed by atoms with van der Waals surface area (Å²) in [6.07, 6.45) is 3.20. The smallest absolute Gasteiger partial charge is 0.339 e. The highest BCUT2D eigenvalue weighted by Gasteiger charge is 2.16. The Morgan fingerprint density at radius 1 is 1.07 bits per heavy atom. The van der Waals surface area contributed by atoms with E-state index in [1.54, 1.807) is 29.1 Å². The Morgan fingerprint density at radius 3 is 2.63 bits per heavy atom. The lowest BCUT2D eigenvalue weighted by Crippen LogP contribution is -2.16. The van der Waals surface area contributed by atoms with E-state index in [-0.39, 0.29) is 5.91 Å². The lowest BCUT2D eigenvalue weighted by atomic mass is 10.1. The largest absolute Gasteiger partial charge is 0.465 e. The number of aryl methyl sites for hydroxylation is 1. The van der Waals surface area contributed by atoms with Gasteiger partial charge in [-0.1, -0.05) is 42.0 Å². The molecule has 7 nitrogen and oxygen atoms in total.